The minimum absolute atomic E-state index is 0.0868. The third kappa shape index (κ3) is 3.22. The van der Waals surface area contributed by atoms with E-state index in [2.05, 4.69) is 20.3 Å². The maximum absolute atomic E-state index is 12.2. The maximum Gasteiger partial charge on any atom is 0.274 e. The summed E-state index contributed by atoms with van der Waals surface area (Å²) in [6.45, 7) is 3.89. The summed E-state index contributed by atoms with van der Waals surface area (Å²) in [5.74, 6) is -0.0402. The van der Waals surface area contributed by atoms with Gasteiger partial charge in [0.05, 0.1) is 12.4 Å². The van der Waals surface area contributed by atoms with Gasteiger partial charge in [-0.1, -0.05) is 30.3 Å². The quantitative estimate of drug-likeness (QED) is 0.776. The van der Waals surface area contributed by atoms with Crippen LogP contribution >= 0.6 is 0 Å². The third-order valence-corrected chi connectivity index (χ3v) is 3.74. The van der Waals surface area contributed by atoms with E-state index >= 15 is 0 Å². The topological polar surface area (TPSA) is 87.7 Å². The summed E-state index contributed by atoms with van der Waals surface area (Å²) >= 11 is 0. The highest BCUT2D eigenvalue weighted by Crippen LogP contribution is 2.27. The van der Waals surface area contributed by atoms with E-state index in [0.29, 0.717) is 5.82 Å². The zero-order chi connectivity index (χ0) is 17.1. The largest absolute Gasteiger partial charge is 0.315 e. The summed E-state index contributed by atoms with van der Waals surface area (Å²) in [5, 5.41) is 2.70. The maximum atomic E-state index is 12.2. The number of carbonyl (C=O) groups is 1. The number of amides is 1. The molecule has 0 spiro atoms. The number of aromatic amines is 1. The fourth-order valence-electron chi connectivity index (χ4n) is 2.39. The van der Waals surface area contributed by atoms with Crippen LogP contribution in [0.15, 0.2) is 53.6 Å². The van der Waals surface area contributed by atoms with Crippen LogP contribution in [0.3, 0.4) is 0 Å². The fourth-order valence-corrected chi connectivity index (χ4v) is 2.39. The van der Waals surface area contributed by atoms with Crippen LogP contribution < -0.4 is 10.9 Å². The summed E-state index contributed by atoms with van der Waals surface area (Å²) in [5.41, 5.74) is 3.58. The molecule has 0 aliphatic heterocycles. The van der Waals surface area contributed by atoms with E-state index in [4.69, 9.17) is 0 Å². The van der Waals surface area contributed by atoms with Crippen LogP contribution in [-0.4, -0.2) is 20.9 Å². The molecule has 0 saturated heterocycles. The second-order valence-corrected chi connectivity index (χ2v) is 5.40. The van der Waals surface area contributed by atoms with Crippen molar-refractivity contribution in [3.05, 3.63) is 76.1 Å². The lowest BCUT2D eigenvalue weighted by molar-refractivity contribution is 0.102. The highest BCUT2D eigenvalue weighted by atomic mass is 16.2. The molecule has 6 heteroatoms. The molecule has 6 nitrogen and oxygen atoms in total. The Bertz CT molecular complexity index is 949. The third-order valence-electron chi connectivity index (χ3n) is 3.74. The van der Waals surface area contributed by atoms with Gasteiger partial charge in [0.1, 0.15) is 11.5 Å². The molecule has 0 bridgehead atoms. The molecule has 0 unspecified atom stereocenters. The minimum atomic E-state index is -0.463. The summed E-state index contributed by atoms with van der Waals surface area (Å²) in [6, 6.07) is 11.7. The molecular weight excluding hydrogens is 304 g/mol. The van der Waals surface area contributed by atoms with Crippen molar-refractivity contribution >= 4 is 11.7 Å². The average Bonchev–Trinajstić information content (AvgIpc) is 2.58. The van der Waals surface area contributed by atoms with Crippen LogP contribution in [0, 0.1) is 13.8 Å². The number of rotatable bonds is 3. The molecule has 2 N–H and O–H groups in total. The van der Waals surface area contributed by atoms with E-state index in [1.165, 1.54) is 6.20 Å². The molecule has 2 heterocycles. The number of benzene rings is 1. The summed E-state index contributed by atoms with van der Waals surface area (Å²) in [4.78, 5) is 34.1. The van der Waals surface area contributed by atoms with E-state index in [1.807, 2.05) is 50.2 Å². The SMILES string of the molecule is Cc1nc(NC(=O)c2cncc(=O)[nH]2)cc(-c2ccccc2)c1C. The second-order valence-electron chi connectivity index (χ2n) is 5.40. The number of hydrogen-bond acceptors (Lipinski definition) is 4. The highest BCUT2D eigenvalue weighted by molar-refractivity contribution is 6.02. The van der Waals surface area contributed by atoms with Crippen molar-refractivity contribution in [2.75, 3.05) is 5.32 Å². The van der Waals surface area contributed by atoms with Crippen molar-refractivity contribution in [2.45, 2.75) is 13.8 Å². The first-order chi connectivity index (χ1) is 11.5. The van der Waals surface area contributed by atoms with Crippen molar-refractivity contribution in [3.8, 4) is 11.1 Å². The Hall–Kier alpha value is -3.28. The van der Waals surface area contributed by atoms with Crippen LogP contribution in [0.2, 0.25) is 0 Å². The van der Waals surface area contributed by atoms with Gasteiger partial charge in [0.15, 0.2) is 0 Å². The highest BCUT2D eigenvalue weighted by Gasteiger charge is 2.12. The van der Waals surface area contributed by atoms with Gasteiger partial charge >= 0.3 is 0 Å². The summed E-state index contributed by atoms with van der Waals surface area (Å²) < 4.78 is 0. The molecule has 0 radical (unpaired) electrons. The molecule has 0 aliphatic carbocycles. The number of pyridine rings is 1. The molecule has 1 aromatic carbocycles. The summed E-state index contributed by atoms with van der Waals surface area (Å²) in [7, 11) is 0. The number of anilines is 1. The van der Waals surface area contributed by atoms with Crippen molar-refractivity contribution in [2.24, 2.45) is 0 Å². The molecule has 0 fully saturated rings. The number of H-pyrrole nitrogens is 1. The molecular formula is C18H16N4O2. The number of hydrogen-bond donors (Lipinski definition) is 2. The number of carbonyl (C=O) groups excluding carboxylic acids is 1. The summed E-state index contributed by atoms with van der Waals surface area (Å²) in [6.07, 6.45) is 2.41. The molecule has 0 aliphatic rings. The van der Waals surface area contributed by atoms with E-state index in [-0.39, 0.29) is 5.69 Å². The van der Waals surface area contributed by atoms with Crippen molar-refractivity contribution < 1.29 is 4.79 Å². The predicted molar refractivity (Wildman–Crippen MR) is 92.0 cm³/mol. The van der Waals surface area contributed by atoms with Crippen LogP contribution in [-0.2, 0) is 0 Å². The van der Waals surface area contributed by atoms with E-state index < -0.39 is 11.5 Å². The first-order valence-corrected chi connectivity index (χ1v) is 7.44. The van der Waals surface area contributed by atoms with Crippen molar-refractivity contribution in [3.63, 3.8) is 0 Å². The minimum Gasteiger partial charge on any atom is -0.315 e. The fraction of sp³-hybridized carbons (Fsp3) is 0.111. The first-order valence-electron chi connectivity index (χ1n) is 7.44. The van der Waals surface area contributed by atoms with Gasteiger partial charge in [-0.25, -0.2) is 4.98 Å². The Kier molecular flexibility index (Phi) is 4.20. The average molecular weight is 320 g/mol. The molecule has 24 heavy (non-hydrogen) atoms. The standard InChI is InChI=1S/C18H16N4O2/c1-11-12(2)20-16(8-14(11)13-6-4-3-5-7-13)22-18(24)15-9-19-10-17(23)21-15/h3-10H,1-2H3,(H,21,23)(H,20,22,24). The van der Waals surface area contributed by atoms with Gasteiger partial charge in [0, 0.05) is 5.69 Å². The molecule has 120 valence electrons. The van der Waals surface area contributed by atoms with Gasteiger partial charge in [-0.2, -0.15) is 0 Å². The Morgan fingerprint density at radius 3 is 2.58 bits per heavy atom. The van der Waals surface area contributed by atoms with Gasteiger partial charge in [-0.15, -0.1) is 0 Å². The Labute approximate surface area is 138 Å². The zero-order valence-electron chi connectivity index (χ0n) is 13.3. The molecule has 0 saturated carbocycles. The number of aryl methyl sites for hydroxylation is 1. The normalized spacial score (nSPS) is 10.4. The van der Waals surface area contributed by atoms with Gasteiger partial charge < -0.3 is 10.3 Å². The van der Waals surface area contributed by atoms with E-state index in [9.17, 15) is 9.59 Å². The van der Waals surface area contributed by atoms with Gasteiger partial charge in [-0.3, -0.25) is 14.6 Å². The zero-order valence-corrected chi connectivity index (χ0v) is 13.3. The molecule has 2 aromatic heterocycles. The second kappa shape index (κ2) is 6.45. The molecule has 3 aromatic rings. The lowest BCUT2D eigenvalue weighted by atomic mass is 10.0. The Balaban J connectivity index is 1.96. The number of nitrogens with zero attached hydrogens (tertiary/aromatic N) is 2. The number of aromatic nitrogens is 3. The van der Waals surface area contributed by atoms with E-state index in [1.54, 1.807) is 0 Å². The van der Waals surface area contributed by atoms with Crippen LogP contribution in [0.25, 0.3) is 11.1 Å². The van der Waals surface area contributed by atoms with Crippen LogP contribution in [0.1, 0.15) is 21.7 Å². The van der Waals surface area contributed by atoms with Gasteiger partial charge in [0.2, 0.25) is 0 Å². The predicted octanol–water partition coefficient (Wildman–Crippen LogP) is 2.70. The Morgan fingerprint density at radius 2 is 1.88 bits per heavy atom. The smallest absolute Gasteiger partial charge is 0.274 e. The Morgan fingerprint density at radius 1 is 1.12 bits per heavy atom. The van der Waals surface area contributed by atoms with Crippen molar-refractivity contribution in [1.82, 2.24) is 15.0 Å². The first kappa shape index (κ1) is 15.6. The molecule has 1 amide bonds. The van der Waals surface area contributed by atoms with Crippen LogP contribution in [0.4, 0.5) is 5.82 Å². The molecule has 0 atom stereocenters. The monoisotopic (exact) mass is 320 g/mol. The van der Waals surface area contributed by atoms with Crippen molar-refractivity contribution in [1.29, 1.82) is 0 Å². The lowest BCUT2D eigenvalue weighted by Crippen LogP contribution is -2.19. The molecule has 3 rings (SSSR count). The number of nitrogens with one attached hydrogen (secondary N) is 2. The lowest BCUT2D eigenvalue weighted by Gasteiger charge is -2.12. The van der Waals surface area contributed by atoms with Gasteiger partial charge in [-0.05, 0) is 36.6 Å². The van der Waals surface area contributed by atoms with E-state index in [0.717, 1.165) is 28.6 Å². The van der Waals surface area contributed by atoms with Gasteiger partial charge in [0.25, 0.3) is 11.5 Å². The van der Waals surface area contributed by atoms with Crippen LogP contribution in [0.5, 0.6) is 0 Å².